The van der Waals surface area contributed by atoms with E-state index in [0.717, 1.165) is 12.8 Å². The minimum atomic E-state index is -0.389. The third kappa shape index (κ3) is 4.19. The largest absolute Gasteiger partial charge is 0.462 e. The molecule has 1 amide bonds. The van der Waals surface area contributed by atoms with E-state index in [1.54, 1.807) is 18.4 Å². The Labute approximate surface area is 105 Å². The van der Waals surface area contributed by atoms with Gasteiger partial charge in [-0.2, -0.15) is 0 Å². The van der Waals surface area contributed by atoms with Crippen molar-refractivity contribution in [3.8, 4) is 0 Å². The minimum Gasteiger partial charge on any atom is -0.462 e. The van der Waals surface area contributed by atoms with Crippen molar-refractivity contribution >= 4 is 28.2 Å². The van der Waals surface area contributed by atoms with Crippen molar-refractivity contribution in [1.29, 1.82) is 0 Å². The predicted molar refractivity (Wildman–Crippen MR) is 68.4 cm³/mol. The predicted octanol–water partition coefficient (Wildman–Crippen LogP) is 3.05. The van der Waals surface area contributed by atoms with Crippen molar-refractivity contribution < 1.29 is 14.3 Å². The van der Waals surface area contributed by atoms with E-state index in [4.69, 9.17) is 4.74 Å². The number of unbranched alkanes of at least 4 members (excludes halogenated alkanes) is 1. The molecule has 0 aromatic carbocycles. The zero-order valence-electron chi connectivity index (χ0n) is 10.1. The monoisotopic (exact) mass is 255 g/mol. The van der Waals surface area contributed by atoms with E-state index in [-0.39, 0.29) is 11.9 Å². The van der Waals surface area contributed by atoms with Gasteiger partial charge in [0.1, 0.15) is 5.00 Å². The first-order chi connectivity index (χ1) is 8.19. The van der Waals surface area contributed by atoms with E-state index in [0.29, 0.717) is 23.6 Å². The number of hydrogen-bond acceptors (Lipinski definition) is 4. The molecule has 1 aromatic heterocycles. The van der Waals surface area contributed by atoms with Crippen molar-refractivity contribution in [1.82, 2.24) is 0 Å². The summed E-state index contributed by atoms with van der Waals surface area (Å²) in [6.45, 7) is 4.12. The molecule has 0 unspecified atom stereocenters. The summed E-state index contributed by atoms with van der Waals surface area (Å²) in [5.41, 5.74) is 0.432. The van der Waals surface area contributed by atoms with Crippen LogP contribution in [0.15, 0.2) is 11.4 Å². The molecule has 17 heavy (non-hydrogen) atoms. The van der Waals surface area contributed by atoms with Crippen LogP contribution in [0.1, 0.15) is 43.5 Å². The van der Waals surface area contributed by atoms with E-state index >= 15 is 0 Å². The number of rotatable bonds is 6. The van der Waals surface area contributed by atoms with Gasteiger partial charge in [0, 0.05) is 6.42 Å². The lowest BCUT2D eigenvalue weighted by Gasteiger charge is -2.05. The SMILES string of the molecule is CCCCC(=O)Nc1sccc1C(=O)OCC. The minimum absolute atomic E-state index is 0.0557. The quantitative estimate of drug-likeness (QED) is 0.795. The summed E-state index contributed by atoms with van der Waals surface area (Å²) >= 11 is 1.33. The van der Waals surface area contributed by atoms with Crippen molar-refractivity contribution in [2.75, 3.05) is 11.9 Å². The van der Waals surface area contributed by atoms with Gasteiger partial charge < -0.3 is 10.1 Å². The van der Waals surface area contributed by atoms with Crippen LogP contribution in [0.3, 0.4) is 0 Å². The van der Waals surface area contributed by atoms with Gasteiger partial charge in [0.25, 0.3) is 0 Å². The van der Waals surface area contributed by atoms with Crippen molar-refractivity contribution in [3.63, 3.8) is 0 Å². The zero-order chi connectivity index (χ0) is 12.7. The number of hydrogen-bond donors (Lipinski definition) is 1. The third-order valence-electron chi connectivity index (χ3n) is 2.17. The van der Waals surface area contributed by atoms with Gasteiger partial charge in [-0.25, -0.2) is 4.79 Å². The van der Waals surface area contributed by atoms with Crippen LogP contribution < -0.4 is 5.32 Å². The molecule has 4 nitrogen and oxygen atoms in total. The van der Waals surface area contributed by atoms with Gasteiger partial charge >= 0.3 is 5.97 Å². The Morgan fingerprint density at radius 1 is 1.41 bits per heavy atom. The Kier molecular flexibility index (Phi) is 5.69. The van der Waals surface area contributed by atoms with Gasteiger partial charge in [0.05, 0.1) is 12.2 Å². The molecule has 5 heteroatoms. The number of thiophene rings is 1. The average molecular weight is 255 g/mol. The van der Waals surface area contributed by atoms with Gasteiger partial charge in [-0.05, 0) is 24.8 Å². The summed E-state index contributed by atoms with van der Waals surface area (Å²) in [5.74, 6) is -0.445. The molecule has 0 bridgehead atoms. The Balaban J connectivity index is 2.62. The molecule has 0 aliphatic rings. The summed E-state index contributed by atoms with van der Waals surface area (Å²) in [6, 6.07) is 1.66. The molecule has 1 heterocycles. The van der Waals surface area contributed by atoms with Crippen LogP contribution in [0.5, 0.6) is 0 Å². The van der Waals surface area contributed by atoms with Gasteiger partial charge in [-0.15, -0.1) is 11.3 Å². The molecule has 0 fully saturated rings. The van der Waals surface area contributed by atoms with Crippen LogP contribution in [0.4, 0.5) is 5.00 Å². The van der Waals surface area contributed by atoms with Crippen LogP contribution >= 0.6 is 11.3 Å². The van der Waals surface area contributed by atoms with Gasteiger partial charge in [-0.3, -0.25) is 4.79 Å². The molecule has 1 aromatic rings. The average Bonchev–Trinajstić information content (AvgIpc) is 2.75. The Bertz CT molecular complexity index is 387. The molecule has 0 spiro atoms. The third-order valence-corrected chi connectivity index (χ3v) is 3.00. The number of carbonyl (C=O) groups is 2. The molecule has 1 rings (SSSR count). The molecule has 94 valence electrons. The van der Waals surface area contributed by atoms with E-state index in [1.165, 1.54) is 11.3 Å². The molecule has 0 atom stereocenters. The second kappa shape index (κ2) is 7.06. The number of ether oxygens (including phenoxy) is 1. The highest BCUT2D eigenvalue weighted by atomic mass is 32.1. The first kappa shape index (κ1) is 13.7. The van der Waals surface area contributed by atoms with E-state index in [2.05, 4.69) is 5.32 Å². The number of esters is 1. The highest BCUT2D eigenvalue weighted by Crippen LogP contribution is 2.24. The number of anilines is 1. The Hall–Kier alpha value is -1.36. The maximum Gasteiger partial charge on any atom is 0.341 e. The first-order valence-corrected chi connectivity index (χ1v) is 6.61. The zero-order valence-corrected chi connectivity index (χ0v) is 10.9. The second-order valence-corrected chi connectivity index (χ2v) is 4.45. The number of nitrogens with one attached hydrogen (secondary N) is 1. The van der Waals surface area contributed by atoms with E-state index < -0.39 is 0 Å². The van der Waals surface area contributed by atoms with Crippen molar-refractivity contribution in [3.05, 3.63) is 17.0 Å². The van der Waals surface area contributed by atoms with Gasteiger partial charge in [0.15, 0.2) is 0 Å². The van der Waals surface area contributed by atoms with Crippen LogP contribution in [0.25, 0.3) is 0 Å². The molecule has 0 aliphatic carbocycles. The summed E-state index contributed by atoms with van der Waals surface area (Å²) < 4.78 is 4.91. The van der Waals surface area contributed by atoms with Crippen LogP contribution in [-0.4, -0.2) is 18.5 Å². The van der Waals surface area contributed by atoms with E-state index in [9.17, 15) is 9.59 Å². The van der Waals surface area contributed by atoms with Crippen LogP contribution in [0.2, 0.25) is 0 Å². The molecular formula is C12H17NO3S. The lowest BCUT2D eigenvalue weighted by atomic mass is 10.2. The van der Waals surface area contributed by atoms with Gasteiger partial charge in [0.2, 0.25) is 5.91 Å². The van der Waals surface area contributed by atoms with Crippen LogP contribution in [-0.2, 0) is 9.53 Å². The molecule has 0 saturated carbocycles. The summed E-state index contributed by atoms with van der Waals surface area (Å²) in [6.07, 6.45) is 2.31. The topological polar surface area (TPSA) is 55.4 Å². The maximum absolute atomic E-state index is 11.6. The summed E-state index contributed by atoms with van der Waals surface area (Å²) in [7, 11) is 0. The number of carbonyl (C=O) groups excluding carboxylic acids is 2. The fourth-order valence-electron chi connectivity index (χ4n) is 1.30. The molecule has 1 N–H and O–H groups in total. The molecule has 0 aliphatic heterocycles. The number of amides is 1. The molecule has 0 saturated heterocycles. The second-order valence-electron chi connectivity index (χ2n) is 3.54. The lowest BCUT2D eigenvalue weighted by molar-refractivity contribution is -0.116. The van der Waals surface area contributed by atoms with E-state index in [1.807, 2.05) is 6.92 Å². The fraction of sp³-hybridized carbons (Fsp3) is 0.500. The molecule has 0 radical (unpaired) electrons. The first-order valence-electron chi connectivity index (χ1n) is 5.73. The maximum atomic E-state index is 11.6. The van der Waals surface area contributed by atoms with Crippen LogP contribution in [0, 0.1) is 0 Å². The molecular weight excluding hydrogens is 238 g/mol. The lowest BCUT2D eigenvalue weighted by Crippen LogP contribution is -2.13. The summed E-state index contributed by atoms with van der Waals surface area (Å²) in [4.78, 5) is 23.1. The Morgan fingerprint density at radius 3 is 2.82 bits per heavy atom. The normalized spacial score (nSPS) is 10.0. The smallest absolute Gasteiger partial charge is 0.341 e. The highest BCUT2D eigenvalue weighted by molar-refractivity contribution is 7.14. The van der Waals surface area contributed by atoms with Crippen molar-refractivity contribution in [2.45, 2.75) is 33.1 Å². The summed E-state index contributed by atoms with van der Waals surface area (Å²) in [5, 5.41) is 5.08. The highest BCUT2D eigenvalue weighted by Gasteiger charge is 2.15. The Morgan fingerprint density at radius 2 is 2.18 bits per heavy atom. The van der Waals surface area contributed by atoms with Crippen molar-refractivity contribution in [2.24, 2.45) is 0 Å². The van der Waals surface area contributed by atoms with Gasteiger partial charge in [-0.1, -0.05) is 13.3 Å². The standard InChI is InChI=1S/C12H17NO3S/c1-3-5-6-10(14)13-11-9(7-8-17-11)12(15)16-4-2/h7-8H,3-6H2,1-2H3,(H,13,14). The fourth-order valence-corrected chi connectivity index (χ4v) is 2.09.